The summed E-state index contributed by atoms with van der Waals surface area (Å²) in [7, 11) is -11.4. The van der Waals surface area contributed by atoms with E-state index >= 15 is 0 Å². The third-order valence-corrected chi connectivity index (χ3v) is 9.62. The lowest BCUT2D eigenvalue weighted by Gasteiger charge is -2.49. The molecule has 4 heterocycles. The topological polar surface area (TPSA) is 444 Å². The molecule has 14 N–H and O–H groups in total. The zero-order chi connectivity index (χ0) is 40.4. The van der Waals surface area contributed by atoms with Gasteiger partial charge in [-0.05, 0) is 0 Å². The van der Waals surface area contributed by atoms with Crippen molar-refractivity contribution in [3.63, 3.8) is 0 Å². The summed E-state index contributed by atoms with van der Waals surface area (Å²) in [5, 5.41) is 133. The van der Waals surface area contributed by atoms with Gasteiger partial charge in [0.2, 0.25) is 0 Å². The van der Waals surface area contributed by atoms with Crippen molar-refractivity contribution in [1.82, 2.24) is 0 Å². The molecule has 0 bridgehead atoms. The lowest BCUT2D eigenvalue weighted by molar-refractivity contribution is -0.386. The lowest BCUT2D eigenvalue weighted by atomic mass is 9.95. The molecule has 4 rings (SSSR count). The Morgan fingerprint density at radius 1 is 0.426 bits per heavy atom. The minimum absolute atomic E-state index is 0.867. The minimum atomic E-state index is -5.81. The van der Waals surface area contributed by atoms with Gasteiger partial charge in [-0.1, -0.05) is 8.67 Å². The highest BCUT2D eigenvalue weighted by Gasteiger charge is 2.56. The zero-order valence-corrected chi connectivity index (χ0v) is 28.8. The number of aliphatic hydroxyl groups is 13. The zero-order valence-electron chi connectivity index (χ0n) is 27.2. The molecule has 30 heteroatoms. The first kappa shape index (κ1) is 45.6. The molecule has 4 fully saturated rings. The van der Waals surface area contributed by atoms with Crippen molar-refractivity contribution in [2.75, 3.05) is 26.4 Å². The average Bonchev–Trinajstić information content (AvgIpc) is 3.12. The summed E-state index contributed by atoms with van der Waals surface area (Å²) < 4.78 is 104. The van der Waals surface area contributed by atoms with E-state index in [0.29, 0.717) is 0 Å². The van der Waals surface area contributed by atoms with E-state index in [1.807, 2.05) is 0 Å². The molecule has 54 heavy (non-hydrogen) atoms. The molecular weight excluding hydrogens is 800 g/mol. The molecule has 4 aliphatic heterocycles. The molecule has 0 aromatic rings. The van der Waals surface area contributed by atoms with Crippen molar-refractivity contribution in [3.8, 4) is 0 Å². The van der Waals surface area contributed by atoms with Crippen molar-refractivity contribution in [2.45, 2.75) is 123 Å². The largest absolute Gasteiger partial charge is 0.428 e. The molecule has 0 aromatic carbocycles. The predicted molar refractivity (Wildman–Crippen MR) is 155 cm³/mol. The van der Waals surface area contributed by atoms with Crippen LogP contribution in [-0.4, -0.2) is 237 Å². The monoisotopic (exact) mass is 842 g/mol. The standard InChI is InChI=1S/C24H42O28S2/c25-1-5-9(29)10(30)14(34)22(44-5)47-18-7(3-27)45-23(15(35)12(18)32)48-19-8(4-28)46-24(49-17-6(2-26)43-21(37)13(33)11(17)31)20(16(19)36)50-54(41,42)52-51-53(38,39)40/h5-37H,1-4H2,(H,38,39,40)/t5-,6-,7-,8-,9-,10+,11-,12-,13-,14-,15-,16+,17-,18-,19-,20-,21+,22-,23-,24-/m1/s1. The Bertz CT molecular complexity index is 1400. The van der Waals surface area contributed by atoms with E-state index in [0.717, 1.165) is 0 Å². The molecule has 4 aliphatic rings. The summed E-state index contributed by atoms with van der Waals surface area (Å²) in [6, 6.07) is 0. The summed E-state index contributed by atoms with van der Waals surface area (Å²) in [4.78, 5) is 0. The van der Waals surface area contributed by atoms with Crippen LogP contribution >= 0.6 is 0 Å². The van der Waals surface area contributed by atoms with Crippen LogP contribution in [0.3, 0.4) is 0 Å². The molecule has 0 radical (unpaired) electrons. The van der Waals surface area contributed by atoms with E-state index in [-0.39, 0.29) is 0 Å². The van der Waals surface area contributed by atoms with Gasteiger partial charge in [0.15, 0.2) is 31.3 Å². The van der Waals surface area contributed by atoms with Crippen LogP contribution in [-0.2, 0) is 66.8 Å². The molecule has 28 nitrogen and oxygen atoms in total. The second kappa shape index (κ2) is 18.7. The summed E-state index contributed by atoms with van der Waals surface area (Å²) in [5.41, 5.74) is 0. The van der Waals surface area contributed by atoms with Gasteiger partial charge in [0.25, 0.3) is 0 Å². The van der Waals surface area contributed by atoms with Gasteiger partial charge in [0.05, 0.1) is 26.4 Å². The fourth-order valence-electron chi connectivity index (χ4n) is 5.86. The maximum atomic E-state index is 12.5. The van der Waals surface area contributed by atoms with Crippen molar-refractivity contribution in [3.05, 3.63) is 0 Å². The van der Waals surface area contributed by atoms with E-state index in [4.69, 9.17) is 37.7 Å². The Balaban J connectivity index is 1.58. The minimum Gasteiger partial charge on any atom is -0.394 e. The first-order valence-electron chi connectivity index (χ1n) is 15.6. The third kappa shape index (κ3) is 10.3. The van der Waals surface area contributed by atoms with Crippen LogP contribution < -0.4 is 0 Å². The summed E-state index contributed by atoms with van der Waals surface area (Å²) in [5.74, 6) is 0. The van der Waals surface area contributed by atoms with Gasteiger partial charge >= 0.3 is 20.8 Å². The van der Waals surface area contributed by atoms with Crippen LogP contribution in [0.5, 0.6) is 0 Å². The number of aliphatic hydroxyl groups excluding tert-OH is 13. The smallest absolute Gasteiger partial charge is 0.394 e. The normalized spacial score (nSPS) is 46.7. The number of rotatable bonds is 15. The Labute approximate surface area is 303 Å². The highest BCUT2D eigenvalue weighted by atomic mass is 32.3. The molecule has 0 saturated carbocycles. The van der Waals surface area contributed by atoms with Crippen LogP contribution in [0.15, 0.2) is 0 Å². The SMILES string of the molecule is O=S(=O)(O)OOS(=O)(=O)O[C@H]1[C@@H](O[C@H]2[C@H](O)[C@@H](O)[C@@H](O)O[C@@H]2CO)O[C@H](CO)[C@@H](O[C@H]2O[C@H](CO)[C@@H](O[C@H]3O[C@H](CO)[C@@H](O)[C@H](O)[C@H]3O)[C@H](O)[C@H]2O)[C@@H]1O. The van der Waals surface area contributed by atoms with Crippen molar-refractivity contribution in [2.24, 2.45) is 0 Å². The number of hydrogen-bond donors (Lipinski definition) is 14. The van der Waals surface area contributed by atoms with Gasteiger partial charge in [0.1, 0.15) is 91.6 Å². The highest BCUT2D eigenvalue weighted by molar-refractivity contribution is 7.83. The maximum absolute atomic E-state index is 12.5. The number of hydrogen-bond acceptors (Lipinski definition) is 27. The van der Waals surface area contributed by atoms with Gasteiger partial charge < -0.3 is 99.5 Å². The molecule has 20 atom stereocenters. The first-order valence-corrected chi connectivity index (χ1v) is 18.3. The van der Waals surface area contributed by atoms with Crippen LogP contribution in [0.2, 0.25) is 0 Å². The molecule has 0 aliphatic carbocycles. The molecule has 318 valence electrons. The highest BCUT2D eigenvalue weighted by Crippen LogP contribution is 2.35. The fourth-order valence-corrected chi connectivity index (χ4v) is 6.92. The summed E-state index contributed by atoms with van der Waals surface area (Å²) in [6.07, 6.45) is -40.7. The Morgan fingerprint density at radius 2 is 0.833 bits per heavy atom. The fraction of sp³-hybridized carbons (Fsp3) is 1.00. The van der Waals surface area contributed by atoms with Gasteiger partial charge in [-0.2, -0.15) is 16.8 Å². The lowest BCUT2D eigenvalue weighted by Crippen LogP contribution is -2.68. The van der Waals surface area contributed by atoms with E-state index < -0.39 is 170 Å². The third-order valence-electron chi connectivity index (χ3n) is 8.60. The first-order chi connectivity index (χ1) is 25.2. The van der Waals surface area contributed by atoms with Gasteiger partial charge in [-0.15, -0.1) is 0 Å². The number of ether oxygens (including phenoxy) is 7. The van der Waals surface area contributed by atoms with Crippen LogP contribution in [0, 0.1) is 0 Å². The molecule has 0 unspecified atom stereocenters. The average molecular weight is 843 g/mol. The Hall–Kier alpha value is -1.06. The summed E-state index contributed by atoms with van der Waals surface area (Å²) in [6.45, 7) is -4.12. The molecular formula is C24H42O28S2. The second-order valence-corrected chi connectivity index (χ2v) is 14.3. The molecule has 0 aromatic heterocycles. The van der Waals surface area contributed by atoms with Gasteiger partial charge in [0, 0.05) is 0 Å². The van der Waals surface area contributed by atoms with E-state index in [9.17, 15) is 83.2 Å². The van der Waals surface area contributed by atoms with E-state index in [1.54, 1.807) is 0 Å². The summed E-state index contributed by atoms with van der Waals surface area (Å²) >= 11 is 0. The second-order valence-electron chi connectivity index (χ2n) is 12.2. The van der Waals surface area contributed by atoms with Crippen LogP contribution in [0.4, 0.5) is 0 Å². The van der Waals surface area contributed by atoms with Crippen molar-refractivity contribution >= 4 is 20.8 Å². The van der Waals surface area contributed by atoms with Crippen molar-refractivity contribution < 1.29 is 134 Å². The maximum Gasteiger partial charge on any atom is 0.428 e. The van der Waals surface area contributed by atoms with Gasteiger partial charge in [-0.25, -0.2) is 4.18 Å². The van der Waals surface area contributed by atoms with Gasteiger partial charge in [-0.3, -0.25) is 4.55 Å². The van der Waals surface area contributed by atoms with E-state index in [1.165, 1.54) is 0 Å². The molecule has 0 amide bonds. The van der Waals surface area contributed by atoms with Crippen molar-refractivity contribution in [1.29, 1.82) is 0 Å². The predicted octanol–water partition coefficient (Wildman–Crippen LogP) is -10.7. The van der Waals surface area contributed by atoms with Crippen LogP contribution in [0.25, 0.3) is 0 Å². The van der Waals surface area contributed by atoms with Crippen LogP contribution in [0.1, 0.15) is 0 Å². The quantitative estimate of drug-likeness (QED) is 0.0413. The Kier molecular flexibility index (Phi) is 15.8. The van der Waals surface area contributed by atoms with E-state index in [2.05, 4.69) is 12.9 Å². The molecule has 0 spiro atoms. The molecule has 4 saturated heterocycles. The Morgan fingerprint density at radius 3 is 1.33 bits per heavy atom.